The van der Waals surface area contributed by atoms with E-state index >= 15 is 0 Å². The van der Waals surface area contributed by atoms with Crippen LogP contribution in [0.25, 0.3) is 0 Å². The van der Waals surface area contributed by atoms with Gasteiger partial charge < -0.3 is 15.5 Å². The number of benzene rings is 1. The summed E-state index contributed by atoms with van der Waals surface area (Å²) < 4.78 is 39.8. The van der Waals surface area contributed by atoms with Crippen molar-refractivity contribution in [3.05, 3.63) is 40.6 Å². The number of nitrogens with one attached hydrogen (secondary N) is 2. The Morgan fingerprint density at radius 2 is 1.97 bits per heavy atom. The topological polar surface area (TPSA) is 53.1 Å². The number of alkyl halides is 3. The zero-order valence-electron chi connectivity index (χ0n) is 16.7. The first kappa shape index (κ1) is 19.9. The maximum atomic E-state index is 13.3. The second-order valence-electron chi connectivity index (χ2n) is 7.88. The van der Waals surface area contributed by atoms with Crippen LogP contribution in [-0.4, -0.2) is 36.1 Å². The van der Waals surface area contributed by atoms with Crippen LogP contribution in [0.5, 0.6) is 0 Å². The van der Waals surface area contributed by atoms with E-state index in [4.69, 9.17) is 4.98 Å². The highest BCUT2D eigenvalue weighted by Crippen LogP contribution is 2.35. The van der Waals surface area contributed by atoms with Crippen LogP contribution >= 0.6 is 0 Å². The fraction of sp³-hybridized carbons (Fsp3) is 0.524. The van der Waals surface area contributed by atoms with Crippen molar-refractivity contribution in [2.24, 2.45) is 0 Å². The normalized spacial score (nSPS) is 19.3. The number of hydrogen-bond acceptors (Lipinski definition) is 5. The van der Waals surface area contributed by atoms with E-state index in [1.165, 1.54) is 18.6 Å². The average molecular weight is 405 g/mol. The Morgan fingerprint density at radius 3 is 2.72 bits per heavy atom. The Hall–Kier alpha value is -2.35. The lowest BCUT2D eigenvalue weighted by Gasteiger charge is -2.34. The van der Waals surface area contributed by atoms with Crippen molar-refractivity contribution in [3.8, 4) is 0 Å². The molecule has 4 rings (SSSR count). The monoisotopic (exact) mass is 405 g/mol. The fourth-order valence-electron chi connectivity index (χ4n) is 4.27. The molecule has 29 heavy (non-hydrogen) atoms. The third kappa shape index (κ3) is 4.17. The molecular weight excluding hydrogens is 379 g/mol. The van der Waals surface area contributed by atoms with Gasteiger partial charge in [-0.1, -0.05) is 6.07 Å². The maximum absolute atomic E-state index is 13.3. The largest absolute Gasteiger partial charge is 0.416 e. The molecular formula is C21H26F3N5. The first-order valence-corrected chi connectivity index (χ1v) is 10.1. The predicted molar refractivity (Wildman–Crippen MR) is 108 cm³/mol. The van der Waals surface area contributed by atoms with Crippen molar-refractivity contribution in [3.63, 3.8) is 0 Å². The molecule has 1 saturated heterocycles. The standard InChI is InChI=1S/C21H26F3N5/c1-13-8-9-14(11-17(13)21(22,23)24)26-20-27-18-7-3-6-16(18)19(28-20)29-10-4-5-15(12-29)25-2/h8-9,11,15,25H,3-7,10,12H2,1-2H3,(H,26,27,28)/t15-/m1/s1. The van der Waals surface area contributed by atoms with Crippen LogP contribution in [0.2, 0.25) is 0 Å². The molecule has 8 heteroatoms. The van der Waals surface area contributed by atoms with E-state index in [9.17, 15) is 13.2 Å². The van der Waals surface area contributed by atoms with E-state index in [2.05, 4.69) is 20.5 Å². The van der Waals surface area contributed by atoms with Crippen molar-refractivity contribution in [1.82, 2.24) is 15.3 Å². The first-order chi connectivity index (χ1) is 13.8. The Morgan fingerprint density at radius 1 is 1.14 bits per heavy atom. The molecule has 2 N–H and O–H groups in total. The third-order valence-corrected chi connectivity index (χ3v) is 5.84. The molecule has 0 saturated carbocycles. The van der Waals surface area contributed by atoms with Gasteiger partial charge in [0.2, 0.25) is 5.95 Å². The van der Waals surface area contributed by atoms with Gasteiger partial charge in [0.05, 0.1) is 11.3 Å². The molecule has 2 heterocycles. The number of hydrogen-bond donors (Lipinski definition) is 2. The van der Waals surface area contributed by atoms with Crippen molar-refractivity contribution >= 4 is 17.5 Å². The summed E-state index contributed by atoms with van der Waals surface area (Å²) in [4.78, 5) is 11.6. The van der Waals surface area contributed by atoms with Crippen LogP contribution in [0.4, 0.5) is 30.6 Å². The third-order valence-electron chi connectivity index (χ3n) is 5.84. The molecule has 0 radical (unpaired) electrons. The lowest BCUT2D eigenvalue weighted by molar-refractivity contribution is -0.138. The highest BCUT2D eigenvalue weighted by molar-refractivity contribution is 5.61. The van der Waals surface area contributed by atoms with E-state index in [0.717, 1.165) is 62.8 Å². The average Bonchev–Trinajstić information content (AvgIpc) is 3.16. The van der Waals surface area contributed by atoms with E-state index in [1.807, 2.05) is 7.05 Å². The van der Waals surface area contributed by atoms with Gasteiger partial charge in [0, 0.05) is 30.4 Å². The second-order valence-corrected chi connectivity index (χ2v) is 7.88. The molecule has 1 atom stereocenters. The Bertz CT molecular complexity index is 897. The Labute approximate surface area is 168 Å². The minimum Gasteiger partial charge on any atom is -0.355 e. The smallest absolute Gasteiger partial charge is 0.355 e. The number of aryl methyl sites for hydroxylation is 2. The molecule has 1 aliphatic carbocycles. The van der Waals surface area contributed by atoms with Gasteiger partial charge in [0.15, 0.2) is 0 Å². The maximum Gasteiger partial charge on any atom is 0.416 e. The van der Waals surface area contributed by atoms with Crippen LogP contribution in [0, 0.1) is 6.92 Å². The van der Waals surface area contributed by atoms with Crippen molar-refractivity contribution in [1.29, 1.82) is 0 Å². The molecule has 0 amide bonds. The number of anilines is 3. The summed E-state index contributed by atoms with van der Waals surface area (Å²) in [6.45, 7) is 3.27. The number of likely N-dealkylation sites (N-methyl/N-ethyl adjacent to an activating group) is 1. The SMILES string of the molecule is CN[C@@H]1CCCN(c2nc(Nc3ccc(C)c(C(F)(F)F)c3)nc3c2CCC3)C1. The van der Waals surface area contributed by atoms with E-state index in [0.29, 0.717) is 17.7 Å². The van der Waals surface area contributed by atoms with Gasteiger partial charge in [0.25, 0.3) is 0 Å². The summed E-state index contributed by atoms with van der Waals surface area (Å²) in [5.74, 6) is 1.29. The number of fused-ring (bicyclic) bond motifs is 1. The zero-order valence-corrected chi connectivity index (χ0v) is 16.7. The molecule has 1 aliphatic heterocycles. The molecule has 0 unspecified atom stereocenters. The lowest BCUT2D eigenvalue weighted by atomic mass is 10.1. The van der Waals surface area contributed by atoms with Crippen molar-refractivity contribution in [2.45, 2.75) is 51.2 Å². The van der Waals surface area contributed by atoms with Gasteiger partial charge in [-0.05, 0) is 63.8 Å². The van der Waals surface area contributed by atoms with Gasteiger partial charge >= 0.3 is 6.18 Å². The number of rotatable bonds is 4. The molecule has 1 aromatic heterocycles. The molecule has 156 valence electrons. The second kappa shape index (κ2) is 7.82. The Balaban J connectivity index is 1.66. The van der Waals surface area contributed by atoms with Gasteiger partial charge in [-0.3, -0.25) is 0 Å². The highest BCUT2D eigenvalue weighted by Gasteiger charge is 2.32. The summed E-state index contributed by atoms with van der Waals surface area (Å²) in [6.07, 6.45) is 0.697. The van der Waals surface area contributed by atoms with Crippen LogP contribution < -0.4 is 15.5 Å². The minimum atomic E-state index is -4.39. The van der Waals surface area contributed by atoms with Crippen LogP contribution in [0.15, 0.2) is 18.2 Å². The van der Waals surface area contributed by atoms with Crippen LogP contribution in [0.1, 0.15) is 41.6 Å². The van der Waals surface area contributed by atoms with Gasteiger partial charge in [-0.2, -0.15) is 18.2 Å². The quantitative estimate of drug-likeness (QED) is 0.798. The van der Waals surface area contributed by atoms with Crippen LogP contribution in [-0.2, 0) is 19.0 Å². The summed E-state index contributed by atoms with van der Waals surface area (Å²) in [5, 5.41) is 6.36. The molecule has 2 aromatic rings. The van der Waals surface area contributed by atoms with E-state index < -0.39 is 11.7 Å². The number of aromatic nitrogens is 2. The summed E-state index contributed by atoms with van der Waals surface area (Å²) in [7, 11) is 1.97. The Kier molecular flexibility index (Phi) is 5.38. The number of halogens is 3. The van der Waals surface area contributed by atoms with Gasteiger partial charge in [0.1, 0.15) is 5.82 Å². The van der Waals surface area contributed by atoms with E-state index in [-0.39, 0.29) is 5.56 Å². The molecule has 0 bridgehead atoms. The van der Waals surface area contributed by atoms with Crippen molar-refractivity contribution < 1.29 is 13.2 Å². The first-order valence-electron chi connectivity index (χ1n) is 10.1. The summed E-state index contributed by atoms with van der Waals surface area (Å²) in [6, 6.07) is 4.66. The predicted octanol–water partition coefficient (Wildman–Crippen LogP) is 4.22. The highest BCUT2D eigenvalue weighted by atomic mass is 19.4. The molecule has 2 aliphatic rings. The molecule has 0 spiro atoms. The number of piperidine rings is 1. The molecule has 1 fully saturated rings. The number of nitrogens with zero attached hydrogens (tertiary/aromatic N) is 3. The van der Waals surface area contributed by atoms with Crippen molar-refractivity contribution in [2.75, 3.05) is 30.4 Å². The fourth-order valence-corrected chi connectivity index (χ4v) is 4.27. The zero-order chi connectivity index (χ0) is 20.6. The summed E-state index contributed by atoms with van der Waals surface area (Å²) in [5.41, 5.74) is 2.10. The van der Waals surface area contributed by atoms with Gasteiger partial charge in [-0.25, -0.2) is 4.98 Å². The lowest BCUT2D eigenvalue weighted by Crippen LogP contribution is -2.45. The summed E-state index contributed by atoms with van der Waals surface area (Å²) >= 11 is 0. The van der Waals surface area contributed by atoms with Gasteiger partial charge in [-0.15, -0.1) is 0 Å². The molecule has 5 nitrogen and oxygen atoms in total. The van der Waals surface area contributed by atoms with E-state index in [1.54, 1.807) is 6.07 Å². The molecule has 1 aromatic carbocycles. The minimum absolute atomic E-state index is 0.199. The van der Waals surface area contributed by atoms with Crippen LogP contribution in [0.3, 0.4) is 0 Å².